The van der Waals surface area contributed by atoms with Crippen molar-refractivity contribution in [1.29, 1.82) is 0 Å². The molecule has 0 saturated carbocycles. The molecule has 2 atom stereocenters. The molecule has 0 spiro atoms. The predicted octanol–water partition coefficient (Wildman–Crippen LogP) is 5.15. The number of likely N-dealkylation sites (tertiary alicyclic amines) is 2. The van der Waals surface area contributed by atoms with Gasteiger partial charge in [-0.2, -0.15) is 4.98 Å². The Bertz CT molecular complexity index is 1860. The van der Waals surface area contributed by atoms with Gasteiger partial charge in [0.05, 0.1) is 30.8 Å². The minimum absolute atomic E-state index is 0.0516. The summed E-state index contributed by atoms with van der Waals surface area (Å²) in [5, 5.41) is 4.52. The second kappa shape index (κ2) is 12.0. The second-order valence-corrected chi connectivity index (χ2v) is 14.0. The topological polar surface area (TPSA) is 118 Å². The van der Waals surface area contributed by atoms with Gasteiger partial charge in [0.25, 0.3) is 15.9 Å². The Labute approximate surface area is 272 Å². The Kier molecular flexibility index (Phi) is 8.00. The van der Waals surface area contributed by atoms with Gasteiger partial charge in [-0.1, -0.05) is 22.8 Å². The number of hydrogen-bond donors (Lipinski definition) is 0. The lowest BCUT2D eigenvalue weighted by molar-refractivity contribution is -0.127. The number of methoxy groups -OCH3 is 2. The van der Waals surface area contributed by atoms with Crippen molar-refractivity contribution >= 4 is 33.2 Å². The van der Waals surface area contributed by atoms with Crippen LogP contribution in [-0.2, 0) is 26.9 Å². The van der Waals surface area contributed by atoms with E-state index in [-0.39, 0.29) is 10.6 Å². The first-order chi connectivity index (χ1) is 22.3. The van der Waals surface area contributed by atoms with Crippen molar-refractivity contribution in [3.63, 3.8) is 0 Å². The molecule has 0 aliphatic carbocycles. The maximum atomic E-state index is 15.5. The molecule has 46 heavy (non-hydrogen) atoms. The first-order valence-corrected chi connectivity index (χ1v) is 17.1. The SMILES string of the molecule is COc1ccc(S(=O)(=O)N2C(=O)C(c3cc(CN4CCCC4)ccc3OC)(N3CCC[C@H]3c3ncon3)c3cc(Cl)ccc32)cc1. The Morgan fingerprint density at radius 2 is 1.74 bits per heavy atom. The van der Waals surface area contributed by atoms with E-state index in [1.165, 1.54) is 25.6 Å². The third-order valence-corrected chi connectivity index (χ3v) is 11.2. The van der Waals surface area contributed by atoms with Crippen LogP contribution in [0, 0.1) is 0 Å². The summed E-state index contributed by atoms with van der Waals surface area (Å²) in [6.45, 7) is 3.12. The van der Waals surface area contributed by atoms with Crippen LogP contribution in [0.2, 0.25) is 5.02 Å². The quantitative estimate of drug-likeness (QED) is 0.238. The summed E-state index contributed by atoms with van der Waals surface area (Å²) in [6, 6.07) is 16.3. The molecule has 1 amide bonds. The van der Waals surface area contributed by atoms with Gasteiger partial charge >= 0.3 is 0 Å². The summed E-state index contributed by atoms with van der Waals surface area (Å²) in [6.07, 6.45) is 4.87. The lowest BCUT2D eigenvalue weighted by Crippen LogP contribution is -2.54. The van der Waals surface area contributed by atoms with Crippen LogP contribution in [0.3, 0.4) is 0 Å². The lowest BCUT2D eigenvalue weighted by atomic mass is 9.80. The molecule has 1 unspecified atom stereocenters. The van der Waals surface area contributed by atoms with Gasteiger partial charge in [-0.05, 0) is 98.9 Å². The van der Waals surface area contributed by atoms with Crippen molar-refractivity contribution in [2.75, 3.05) is 38.2 Å². The fourth-order valence-electron chi connectivity index (χ4n) is 7.23. The largest absolute Gasteiger partial charge is 0.497 e. The zero-order valence-corrected chi connectivity index (χ0v) is 27.1. The van der Waals surface area contributed by atoms with E-state index in [1.807, 2.05) is 23.1 Å². The summed E-state index contributed by atoms with van der Waals surface area (Å²) >= 11 is 6.67. The van der Waals surface area contributed by atoms with Crippen LogP contribution < -0.4 is 13.8 Å². The molecule has 2 fully saturated rings. The summed E-state index contributed by atoms with van der Waals surface area (Å²) in [4.78, 5) is 24.2. The number of aromatic nitrogens is 2. The number of halogens is 1. The van der Waals surface area contributed by atoms with E-state index in [0.717, 1.165) is 35.8 Å². The number of sulfonamides is 1. The fourth-order valence-corrected chi connectivity index (χ4v) is 8.86. The second-order valence-electron chi connectivity index (χ2n) is 11.8. The van der Waals surface area contributed by atoms with Crippen LogP contribution >= 0.6 is 11.6 Å². The number of rotatable bonds is 9. The van der Waals surface area contributed by atoms with Crippen molar-refractivity contribution in [3.8, 4) is 11.5 Å². The normalized spacial score (nSPS) is 22.0. The zero-order valence-electron chi connectivity index (χ0n) is 25.6. The first-order valence-electron chi connectivity index (χ1n) is 15.3. The van der Waals surface area contributed by atoms with Gasteiger partial charge in [-0.25, -0.2) is 12.7 Å². The molecule has 3 aromatic carbocycles. The number of benzene rings is 3. The smallest absolute Gasteiger partial charge is 0.271 e. The summed E-state index contributed by atoms with van der Waals surface area (Å²) in [5.41, 5.74) is 0.516. The van der Waals surface area contributed by atoms with Crippen molar-refractivity contribution in [3.05, 3.63) is 94.6 Å². The van der Waals surface area contributed by atoms with Crippen LogP contribution in [0.25, 0.3) is 0 Å². The van der Waals surface area contributed by atoms with Crippen LogP contribution in [0.4, 0.5) is 5.69 Å². The van der Waals surface area contributed by atoms with E-state index < -0.39 is 27.5 Å². The third-order valence-electron chi connectivity index (χ3n) is 9.28. The van der Waals surface area contributed by atoms with Crippen LogP contribution in [0.1, 0.15) is 54.2 Å². The number of nitrogens with zero attached hydrogens (tertiary/aromatic N) is 5. The van der Waals surface area contributed by atoms with Crippen molar-refractivity contribution < 1.29 is 27.2 Å². The predicted molar refractivity (Wildman–Crippen MR) is 170 cm³/mol. The van der Waals surface area contributed by atoms with Gasteiger partial charge in [0, 0.05) is 29.2 Å². The van der Waals surface area contributed by atoms with Crippen molar-refractivity contribution in [1.82, 2.24) is 19.9 Å². The molecule has 4 aromatic rings. The van der Waals surface area contributed by atoms with Gasteiger partial charge < -0.3 is 14.0 Å². The van der Waals surface area contributed by atoms with Crippen molar-refractivity contribution in [2.45, 2.75) is 48.7 Å². The van der Waals surface area contributed by atoms with E-state index in [0.29, 0.717) is 59.4 Å². The zero-order chi connectivity index (χ0) is 32.1. The number of amides is 1. The highest BCUT2D eigenvalue weighted by Gasteiger charge is 2.62. The number of anilines is 1. The molecule has 0 N–H and O–H groups in total. The maximum Gasteiger partial charge on any atom is 0.271 e. The van der Waals surface area contributed by atoms with E-state index >= 15 is 4.79 Å². The van der Waals surface area contributed by atoms with Crippen LogP contribution in [0.15, 0.2) is 76.5 Å². The standard InChI is InChI=1S/C33H34ClN5O6S/c1-43-24-9-11-25(12-10-24)46(41,42)39-28-13-8-23(34)19-26(28)33(32(39)40,38-17-5-6-29(38)31-35-21-45-36-31)27-18-22(7-14-30(27)44-2)20-37-15-3-4-16-37/h7-14,18-19,21,29H,3-6,15-17,20H2,1-2H3/t29-,33?/m0/s1. The number of carbonyl (C=O) groups excluding carboxylic acids is 1. The lowest BCUT2D eigenvalue weighted by Gasteiger charge is -2.41. The van der Waals surface area contributed by atoms with Crippen LogP contribution in [0.5, 0.6) is 11.5 Å². The fraction of sp³-hybridized carbons (Fsp3) is 0.364. The van der Waals surface area contributed by atoms with Gasteiger partial charge in [0.15, 0.2) is 11.4 Å². The van der Waals surface area contributed by atoms with Gasteiger partial charge in [0.1, 0.15) is 11.5 Å². The number of ether oxygens (including phenoxy) is 2. The van der Waals surface area contributed by atoms with Crippen LogP contribution in [-0.4, -0.2) is 68.1 Å². The number of hydrogen-bond acceptors (Lipinski definition) is 10. The summed E-state index contributed by atoms with van der Waals surface area (Å²) in [5.74, 6) is 0.698. The average Bonchev–Trinajstić information content (AvgIpc) is 3.88. The van der Waals surface area contributed by atoms with E-state index in [9.17, 15) is 8.42 Å². The Balaban J connectivity index is 1.49. The monoisotopic (exact) mass is 663 g/mol. The molecule has 0 bridgehead atoms. The molecule has 0 radical (unpaired) electrons. The van der Waals surface area contributed by atoms with E-state index in [2.05, 4.69) is 15.0 Å². The van der Waals surface area contributed by atoms with Gasteiger partial charge in [0.2, 0.25) is 6.39 Å². The maximum absolute atomic E-state index is 15.5. The minimum atomic E-state index is -4.41. The number of carbonyl (C=O) groups is 1. The van der Waals surface area contributed by atoms with E-state index in [4.69, 9.17) is 25.6 Å². The molecule has 11 nitrogen and oxygen atoms in total. The molecule has 4 heterocycles. The molecule has 1 aromatic heterocycles. The van der Waals surface area contributed by atoms with E-state index in [1.54, 1.807) is 37.4 Å². The minimum Gasteiger partial charge on any atom is -0.497 e. The molecular formula is C33H34ClN5O6S. The highest BCUT2D eigenvalue weighted by molar-refractivity contribution is 7.93. The average molecular weight is 664 g/mol. The molecule has 3 aliphatic heterocycles. The Morgan fingerprint density at radius 3 is 2.43 bits per heavy atom. The molecule has 2 saturated heterocycles. The molecule has 7 rings (SSSR count). The van der Waals surface area contributed by atoms with Gasteiger partial charge in [-0.3, -0.25) is 14.6 Å². The molecule has 13 heteroatoms. The molecule has 3 aliphatic rings. The van der Waals surface area contributed by atoms with Crippen molar-refractivity contribution in [2.24, 2.45) is 0 Å². The molecule has 240 valence electrons. The van der Waals surface area contributed by atoms with Gasteiger partial charge in [-0.15, -0.1) is 0 Å². The highest BCUT2D eigenvalue weighted by Crippen LogP contribution is 2.56. The number of fused-ring (bicyclic) bond motifs is 1. The first kappa shape index (κ1) is 30.7. The third kappa shape index (κ3) is 4.86. The summed E-state index contributed by atoms with van der Waals surface area (Å²) in [7, 11) is -1.35. The Morgan fingerprint density at radius 1 is 0.957 bits per heavy atom. The highest BCUT2D eigenvalue weighted by atomic mass is 35.5. The Hall–Kier alpha value is -3.97. The summed E-state index contributed by atoms with van der Waals surface area (Å²) < 4.78 is 46.3. The molecular weight excluding hydrogens is 630 g/mol.